The quantitative estimate of drug-likeness (QED) is 0.854. The van der Waals surface area contributed by atoms with Crippen LogP contribution in [0.2, 0.25) is 0 Å². The number of nitrogens with two attached hydrogens (primary N) is 1. The molecule has 4 nitrogen and oxygen atoms in total. The average molecular weight is 289 g/mol. The summed E-state index contributed by atoms with van der Waals surface area (Å²) in [7, 11) is 1.66. The molecule has 0 aliphatic heterocycles. The molecule has 5 heteroatoms. The fraction of sp³-hybridized carbons (Fsp3) is 0.333. The van der Waals surface area contributed by atoms with Crippen molar-refractivity contribution in [2.24, 2.45) is 0 Å². The predicted octanol–water partition coefficient (Wildman–Crippen LogP) is 3.48. The number of anilines is 1. The van der Waals surface area contributed by atoms with Gasteiger partial charge in [0.05, 0.1) is 7.11 Å². The number of aromatic nitrogens is 2. The summed E-state index contributed by atoms with van der Waals surface area (Å²) >= 11 is 1.59. The van der Waals surface area contributed by atoms with Crippen LogP contribution in [0.3, 0.4) is 0 Å². The first-order valence-corrected chi connectivity index (χ1v) is 7.40. The van der Waals surface area contributed by atoms with Gasteiger partial charge in [-0.15, -0.1) is 0 Å². The van der Waals surface area contributed by atoms with E-state index in [-0.39, 0.29) is 0 Å². The Bertz CT molecular complexity index is 602. The normalized spacial score (nSPS) is 10.6. The number of aryl methyl sites for hydroxylation is 1. The van der Waals surface area contributed by atoms with Gasteiger partial charge in [-0.25, -0.2) is 9.97 Å². The third-order valence-electron chi connectivity index (χ3n) is 2.91. The van der Waals surface area contributed by atoms with E-state index in [9.17, 15) is 0 Å². The molecule has 0 radical (unpaired) electrons. The Morgan fingerprint density at radius 3 is 2.80 bits per heavy atom. The van der Waals surface area contributed by atoms with Gasteiger partial charge in [-0.05, 0) is 31.5 Å². The monoisotopic (exact) mass is 289 g/mol. The first-order valence-electron chi connectivity index (χ1n) is 6.59. The smallest absolute Gasteiger partial charge is 0.132 e. The second-order valence-electron chi connectivity index (χ2n) is 4.49. The summed E-state index contributed by atoms with van der Waals surface area (Å²) in [4.78, 5) is 10.0. The Kier molecular flexibility index (Phi) is 4.84. The van der Waals surface area contributed by atoms with E-state index < -0.39 is 0 Å². The Balaban J connectivity index is 2.31. The maximum Gasteiger partial charge on any atom is 0.132 e. The van der Waals surface area contributed by atoms with Gasteiger partial charge in [0, 0.05) is 16.9 Å². The molecule has 0 spiro atoms. The summed E-state index contributed by atoms with van der Waals surface area (Å²) in [6.07, 6.45) is 1.85. The van der Waals surface area contributed by atoms with E-state index in [2.05, 4.69) is 16.9 Å². The Hall–Kier alpha value is -1.75. The molecule has 20 heavy (non-hydrogen) atoms. The summed E-state index contributed by atoms with van der Waals surface area (Å²) in [5.74, 6) is 2.21. The van der Waals surface area contributed by atoms with Gasteiger partial charge >= 0.3 is 0 Å². The van der Waals surface area contributed by atoms with Crippen molar-refractivity contribution >= 4 is 17.6 Å². The molecular weight excluding hydrogens is 270 g/mol. The maximum absolute atomic E-state index is 5.97. The number of rotatable bonds is 5. The van der Waals surface area contributed by atoms with E-state index in [1.807, 2.05) is 31.2 Å². The van der Waals surface area contributed by atoms with Crippen LogP contribution in [0.25, 0.3) is 0 Å². The minimum absolute atomic E-state index is 0.564. The summed E-state index contributed by atoms with van der Waals surface area (Å²) < 4.78 is 5.24. The Morgan fingerprint density at radius 2 is 2.10 bits per heavy atom. The van der Waals surface area contributed by atoms with Gasteiger partial charge in [-0.1, -0.05) is 24.8 Å². The second kappa shape index (κ2) is 6.61. The molecule has 106 valence electrons. The lowest BCUT2D eigenvalue weighted by Gasteiger charge is -2.10. The van der Waals surface area contributed by atoms with Crippen molar-refractivity contribution in [2.45, 2.75) is 36.6 Å². The van der Waals surface area contributed by atoms with Crippen molar-refractivity contribution < 1.29 is 4.74 Å². The molecule has 2 N–H and O–H groups in total. The Labute approximate surface area is 123 Å². The van der Waals surface area contributed by atoms with Gasteiger partial charge in [-0.2, -0.15) is 0 Å². The average Bonchev–Trinajstić information content (AvgIpc) is 2.45. The Morgan fingerprint density at radius 1 is 1.30 bits per heavy atom. The number of hydrogen-bond acceptors (Lipinski definition) is 5. The fourth-order valence-electron chi connectivity index (χ4n) is 1.77. The predicted molar refractivity (Wildman–Crippen MR) is 82.3 cm³/mol. The molecular formula is C15H19N3OS. The van der Waals surface area contributed by atoms with Crippen LogP contribution >= 0.6 is 11.8 Å². The number of nitrogen functional groups attached to an aromatic ring is 1. The molecule has 0 amide bonds. The number of methoxy groups -OCH3 is 1. The summed E-state index contributed by atoms with van der Waals surface area (Å²) in [6, 6.07) is 7.91. The van der Waals surface area contributed by atoms with Gasteiger partial charge in [0.1, 0.15) is 22.4 Å². The maximum atomic E-state index is 5.97. The van der Waals surface area contributed by atoms with Crippen molar-refractivity contribution in [1.82, 2.24) is 9.97 Å². The summed E-state index contributed by atoms with van der Waals surface area (Å²) in [6.45, 7) is 4.06. The molecule has 0 unspecified atom stereocenters. The highest BCUT2D eigenvalue weighted by Gasteiger charge is 2.10. The molecule has 0 aliphatic rings. The number of hydrogen-bond donors (Lipinski definition) is 1. The third-order valence-corrected chi connectivity index (χ3v) is 3.99. The molecule has 0 fully saturated rings. The molecule has 2 aromatic rings. The van der Waals surface area contributed by atoms with Crippen LogP contribution in [0.5, 0.6) is 5.75 Å². The highest BCUT2D eigenvalue weighted by molar-refractivity contribution is 7.99. The number of nitrogens with zero attached hydrogens (tertiary/aromatic N) is 2. The highest BCUT2D eigenvalue weighted by Crippen LogP contribution is 2.32. The molecule has 0 bridgehead atoms. The lowest BCUT2D eigenvalue weighted by Crippen LogP contribution is -2.04. The molecule has 2 rings (SSSR count). The van der Waals surface area contributed by atoms with E-state index >= 15 is 0 Å². The number of benzene rings is 1. The van der Waals surface area contributed by atoms with E-state index in [0.29, 0.717) is 5.82 Å². The molecule has 0 saturated heterocycles. The first-order chi connectivity index (χ1) is 9.63. The van der Waals surface area contributed by atoms with E-state index in [1.165, 1.54) is 0 Å². The van der Waals surface area contributed by atoms with Crippen LogP contribution in [0, 0.1) is 6.92 Å². The van der Waals surface area contributed by atoms with Gasteiger partial charge < -0.3 is 10.5 Å². The van der Waals surface area contributed by atoms with Crippen LogP contribution in [-0.4, -0.2) is 17.1 Å². The van der Waals surface area contributed by atoms with Gasteiger partial charge in [0.25, 0.3) is 0 Å². The van der Waals surface area contributed by atoms with Gasteiger partial charge in [0.15, 0.2) is 0 Å². The zero-order valence-electron chi connectivity index (χ0n) is 12.0. The number of ether oxygens (including phenoxy) is 1. The van der Waals surface area contributed by atoms with Crippen molar-refractivity contribution in [2.75, 3.05) is 12.8 Å². The highest BCUT2D eigenvalue weighted by atomic mass is 32.2. The van der Waals surface area contributed by atoms with Gasteiger partial charge in [-0.3, -0.25) is 0 Å². The zero-order chi connectivity index (χ0) is 14.5. The van der Waals surface area contributed by atoms with Crippen LogP contribution in [0.1, 0.15) is 24.7 Å². The van der Waals surface area contributed by atoms with Crippen LogP contribution in [-0.2, 0) is 6.42 Å². The fourth-order valence-corrected chi connectivity index (χ4v) is 2.72. The van der Waals surface area contributed by atoms with E-state index in [1.54, 1.807) is 18.9 Å². The first kappa shape index (κ1) is 14.7. The van der Waals surface area contributed by atoms with Crippen molar-refractivity contribution in [3.8, 4) is 5.75 Å². The zero-order valence-corrected chi connectivity index (χ0v) is 12.8. The largest absolute Gasteiger partial charge is 0.497 e. The molecule has 1 aromatic heterocycles. The SMILES string of the molecule is CCCc1nc(N)c(C)c(Sc2cccc(OC)c2)n1. The molecule has 0 saturated carbocycles. The van der Waals surface area contributed by atoms with Crippen LogP contribution in [0.4, 0.5) is 5.82 Å². The van der Waals surface area contributed by atoms with Crippen molar-refractivity contribution in [3.05, 3.63) is 35.7 Å². The summed E-state index contributed by atoms with van der Waals surface area (Å²) in [5.41, 5.74) is 6.90. The van der Waals surface area contributed by atoms with E-state index in [4.69, 9.17) is 10.5 Å². The lowest BCUT2D eigenvalue weighted by atomic mass is 10.3. The molecule has 1 aromatic carbocycles. The minimum atomic E-state index is 0.564. The van der Waals surface area contributed by atoms with Crippen molar-refractivity contribution in [1.29, 1.82) is 0 Å². The minimum Gasteiger partial charge on any atom is -0.497 e. The van der Waals surface area contributed by atoms with E-state index in [0.717, 1.165) is 39.9 Å². The third kappa shape index (κ3) is 3.42. The molecule has 1 heterocycles. The standard InChI is InChI=1S/C15H19N3OS/c1-4-6-13-17-14(16)10(2)15(18-13)20-12-8-5-7-11(9-12)19-3/h5,7-9H,4,6H2,1-3H3,(H2,16,17,18). The molecule has 0 aliphatic carbocycles. The van der Waals surface area contributed by atoms with Gasteiger partial charge in [0.2, 0.25) is 0 Å². The topological polar surface area (TPSA) is 61.0 Å². The second-order valence-corrected chi connectivity index (χ2v) is 5.55. The van der Waals surface area contributed by atoms with Crippen molar-refractivity contribution in [3.63, 3.8) is 0 Å². The summed E-state index contributed by atoms with van der Waals surface area (Å²) in [5, 5.41) is 0.911. The lowest BCUT2D eigenvalue weighted by molar-refractivity contribution is 0.413. The van der Waals surface area contributed by atoms with Crippen LogP contribution < -0.4 is 10.5 Å². The van der Waals surface area contributed by atoms with Crippen LogP contribution in [0.15, 0.2) is 34.2 Å². The molecule has 0 atom stereocenters.